The van der Waals surface area contributed by atoms with Crippen LogP contribution in [0.15, 0.2) is 0 Å². The summed E-state index contributed by atoms with van der Waals surface area (Å²) in [6.45, 7) is 0.714. The highest BCUT2D eigenvalue weighted by atomic mass is 32.1. The van der Waals surface area contributed by atoms with Gasteiger partial charge in [-0.05, 0) is 25.0 Å². The zero-order chi connectivity index (χ0) is 42.9. The predicted molar refractivity (Wildman–Crippen MR) is 210 cm³/mol. The van der Waals surface area contributed by atoms with Crippen LogP contribution in [0.25, 0.3) is 0 Å². The number of hydrogen-bond acceptors (Lipinski definition) is 15. The summed E-state index contributed by atoms with van der Waals surface area (Å²) in [4.78, 5) is 72.6. The monoisotopic (exact) mass is 904 g/mol. The molecule has 0 spiro atoms. The van der Waals surface area contributed by atoms with E-state index in [0.717, 1.165) is 70.0 Å². The van der Waals surface area contributed by atoms with Crippen LogP contribution in [0, 0.1) is 0 Å². The van der Waals surface area contributed by atoms with E-state index in [1.165, 1.54) is 44.9 Å². The summed E-state index contributed by atoms with van der Waals surface area (Å²) in [6.07, 6.45) is 3.30. The first-order chi connectivity index (χ1) is 26.8. The molecule has 23 heteroatoms. The number of hydrogen-bond donors (Lipinski definition) is 9. The summed E-state index contributed by atoms with van der Waals surface area (Å²) in [7, 11) is -16.6. The van der Waals surface area contributed by atoms with E-state index < -0.39 is 91.3 Å². The molecule has 0 aromatic heterocycles. The van der Waals surface area contributed by atoms with Crippen LogP contribution in [0.1, 0.15) is 142 Å². The highest BCUT2D eigenvalue weighted by Gasteiger charge is 2.56. The molecule has 57 heavy (non-hydrogen) atoms. The number of ether oxygens (including phenoxy) is 2. The molecule has 1 fully saturated rings. The maximum Gasteiger partial charge on any atom is 0.472 e. The van der Waals surface area contributed by atoms with Crippen molar-refractivity contribution in [2.45, 2.75) is 184 Å². The van der Waals surface area contributed by atoms with E-state index in [9.17, 15) is 63.1 Å². The van der Waals surface area contributed by atoms with Crippen molar-refractivity contribution in [2.24, 2.45) is 0 Å². The van der Waals surface area contributed by atoms with Crippen molar-refractivity contribution in [3.05, 3.63) is 0 Å². The Morgan fingerprint density at radius 1 is 0.544 bits per heavy atom. The summed E-state index contributed by atoms with van der Waals surface area (Å²) in [5.41, 5.74) is 0. The second kappa shape index (κ2) is 29.7. The summed E-state index contributed by atoms with van der Waals surface area (Å²) in [6, 6.07) is 0. The second-order valence-corrected chi connectivity index (χ2v) is 18.5. The van der Waals surface area contributed by atoms with Gasteiger partial charge in [-0.2, -0.15) is 12.6 Å². The third kappa shape index (κ3) is 26.4. The largest absolute Gasteiger partial charge is 0.472 e. The molecule has 0 bridgehead atoms. The number of phosphoric acid groups is 3. The van der Waals surface area contributed by atoms with Gasteiger partial charge >= 0.3 is 35.4 Å². The van der Waals surface area contributed by atoms with Gasteiger partial charge in [-0.1, -0.05) is 110 Å². The molecule has 338 valence electrons. The van der Waals surface area contributed by atoms with Crippen LogP contribution in [0.5, 0.6) is 0 Å². The molecular formula is C34H67O19P3S. The lowest BCUT2D eigenvalue weighted by molar-refractivity contribution is -0.213. The van der Waals surface area contributed by atoms with Gasteiger partial charge in [0.15, 0.2) is 6.10 Å². The van der Waals surface area contributed by atoms with Crippen molar-refractivity contribution in [2.75, 3.05) is 19.0 Å². The first kappa shape index (κ1) is 54.5. The Balaban J connectivity index is 2.81. The van der Waals surface area contributed by atoms with Gasteiger partial charge < -0.3 is 49.3 Å². The van der Waals surface area contributed by atoms with Crippen LogP contribution < -0.4 is 0 Å². The van der Waals surface area contributed by atoms with Crippen molar-refractivity contribution < 1.29 is 90.6 Å². The third-order valence-electron chi connectivity index (χ3n) is 9.22. The number of carbonyl (C=O) groups is 2. The first-order valence-corrected chi connectivity index (χ1v) is 25.1. The SMILES string of the molecule is CCCCCCCCCCCCCCCC(=O)O[C@@H](COC(=O)CCCCCCCCS)COP(=O)(O)OC1C(O)[C@@H](OP(=O)(O)O)C(OP(=O)(O)O)[C@@H](O)[C@H]1O. The Hall–Kier alpha value is -0.500. The fourth-order valence-corrected chi connectivity index (χ4v) is 8.53. The quantitative estimate of drug-likeness (QED) is 0.0175. The molecule has 19 nitrogen and oxygen atoms in total. The van der Waals surface area contributed by atoms with E-state index in [2.05, 4.69) is 28.6 Å². The fraction of sp³-hybridized carbons (Fsp3) is 0.941. The minimum atomic E-state index is -5.59. The van der Waals surface area contributed by atoms with Gasteiger partial charge in [-0.15, -0.1) is 0 Å². The molecule has 4 unspecified atom stereocenters. The van der Waals surface area contributed by atoms with Gasteiger partial charge in [0.25, 0.3) is 0 Å². The van der Waals surface area contributed by atoms with Gasteiger partial charge in [0, 0.05) is 12.8 Å². The van der Waals surface area contributed by atoms with Crippen LogP contribution >= 0.6 is 36.1 Å². The number of carbonyl (C=O) groups excluding carboxylic acids is 2. The van der Waals surface area contributed by atoms with Crippen molar-refractivity contribution in [3.63, 3.8) is 0 Å². The Kier molecular flexibility index (Phi) is 28.4. The maximum absolute atomic E-state index is 13.0. The minimum Gasteiger partial charge on any atom is -0.462 e. The number of rotatable bonds is 34. The molecule has 1 saturated carbocycles. The average Bonchev–Trinajstić information content (AvgIpc) is 3.12. The van der Waals surface area contributed by atoms with Crippen molar-refractivity contribution in [1.82, 2.24) is 0 Å². The highest BCUT2D eigenvalue weighted by molar-refractivity contribution is 7.80. The van der Waals surface area contributed by atoms with E-state index in [0.29, 0.717) is 12.8 Å². The second-order valence-electron chi connectivity index (χ2n) is 14.3. The zero-order valence-corrected chi connectivity index (χ0v) is 36.4. The van der Waals surface area contributed by atoms with Crippen LogP contribution in [0.3, 0.4) is 0 Å². The molecule has 0 saturated heterocycles. The molecule has 0 amide bonds. The fourth-order valence-electron chi connectivity index (χ4n) is 6.21. The van der Waals surface area contributed by atoms with Crippen molar-refractivity contribution >= 4 is 48.0 Å². The Labute approximate surface area is 341 Å². The van der Waals surface area contributed by atoms with Crippen LogP contribution in [-0.2, 0) is 50.9 Å². The highest BCUT2D eigenvalue weighted by Crippen LogP contribution is 2.51. The van der Waals surface area contributed by atoms with Gasteiger partial charge in [0.05, 0.1) is 6.61 Å². The summed E-state index contributed by atoms with van der Waals surface area (Å²) >= 11 is 4.18. The number of thiol groups is 1. The smallest absolute Gasteiger partial charge is 0.462 e. The van der Waals surface area contributed by atoms with E-state index in [-0.39, 0.29) is 12.8 Å². The molecule has 0 radical (unpaired) electrons. The van der Waals surface area contributed by atoms with Crippen LogP contribution in [0.2, 0.25) is 0 Å². The van der Waals surface area contributed by atoms with Crippen molar-refractivity contribution in [1.29, 1.82) is 0 Å². The standard InChI is InChI=1S/C34H67O19P3S/c1-2-3-4-5-6-7-8-9-10-11-12-16-19-22-28(36)50-26(24-48-27(35)21-18-15-13-14-17-20-23-57)25-49-56(46,47)53-32-29(37)30(38)33(51-54(40,41)42)34(31(32)39)52-55(43,44)45/h26,29-34,37-39,57H,2-25H2,1H3,(H,46,47)(H2,40,41,42)(H2,43,44,45)/t26-,29+,30-,31?,32?,33?,34+/m0/s1. The summed E-state index contributed by atoms with van der Waals surface area (Å²) in [5, 5.41) is 31.7. The first-order valence-electron chi connectivity index (χ1n) is 19.9. The van der Waals surface area contributed by atoms with Crippen LogP contribution in [0.4, 0.5) is 0 Å². The molecule has 8 N–H and O–H groups in total. The molecule has 1 aliphatic rings. The number of esters is 2. The Morgan fingerprint density at radius 2 is 0.947 bits per heavy atom. The lowest BCUT2D eigenvalue weighted by atomic mass is 9.85. The topological polar surface area (TPSA) is 303 Å². The molecule has 8 atom stereocenters. The van der Waals surface area contributed by atoms with Gasteiger partial charge in [-0.3, -0.25) is 27.7 Å². The number of aliphatic hydroxyl groups is 3. The third-order valence-corrected chi connectivity index (χ3v) is 11.6. The lowest BCUT2D eigenvalue weighted by Crippen LogP contribution is -2.65. The molecule has 0 aromatic rings. The Bertz CT molecular complexity index is 1250. The summed E-state index contributed by atoms with van der Waals surface area (Å²) < 4.78 is 65.0. The van der Waals surface area contributed by atoms with Gasteiger partial charge in [0.1, 0.15) is 43.2 Å². The normalized spacial score (nSPS) is 23.2. The molecule has 1 rings (SSSR count). The predicted octanol–water partition coefficient (Wildman–Crippen LogP) is 5.14. The number of unbranched alkanes of at least 4 members (excludes halogenated alkanes) is 17. The van der Waals surface area contributed by atoms with E-state index in [1.54, 1.807) is 0 Å². The van der Waals surface area contributed by atoms with E-state index in [1.807, 2.05) is 0 Å². The molecule has 0 aromatic carbocycles. The molecule has 1 aliphatic carbocycles. The zero-order valence-electron chi connectivity index (χ0n) is 32.9. The molecular weight excluding hydrogens is 837 g/mol. The van der Waals surface area contributed by atoms with Gasteiger partial charge in [-0.25, -0.2) is 13.7 Å². The summed E-state index contributed by atoms with van der Waals surface area (Å²) in [5.74, 6) is -0.511. The average molecular weight is 905 g/mol. The molecule has 0 heterocycles. The maximum atomic E-state index is 13.0. The number of aliphatic hydroxyl groups excluding tert-OH is 3. The lowest BCUT2D eigenvalue weighted by Gasteiger charge is -2.44. The van der Waals surface area contributed by atoms with E-state index >= 15 is 0 Å². The van der Waals surface area contributed by atoms with Crippen LogP contribution in [-0.4, -0.2) is 113 Å². The Morgan fingerprint density at radius 3 is 1.40 bits per heavy atom. The molecule has 0 aliphatic heterocycles. The van der Waals surface area contributed by atoms with Gasteiger partial charge in [0.2, 0.25) is 0 Å². The van der Waals surface area contributed by atoms with Crippen molar-refractivity contribution in [3.8, 4) is 0 Å². The minimum absolute atomic E-state index is 0.000133. The van der Waals surface area contributed by atoms with E-state index in [4.69, 9.17) is 18.5 Å². The number of phosphoric ester groups is 3.